The molecule has 1 amide bonds. The fraction of sp³-hybridized carbons (Fsp3) is 0.500. The van der Waals surface area contributed by atoms with Crippen LogP contribution in [-0.4, -0.2) is 42.4 Å². The summed E-state index contributed by atoms with van der Waals surface area (Å²) in [6.07, 6.45) is 4.76. The Labute approximate surface area is 152 Å². The van der Waals surface area contributed by atoms with Crippen LogP contribution in [0, 0.1) is 5.92 Å². The van der Waals surface area contributed by atoms with Gasteiger partial charge < -0.3 is 19.4 Å². The maximum absolute atomic E-state index is 12.8. The second-order valence-electron chi connectivity index (χ2n) is 7.26. The Kier molecular flexibility index (Phi) is 4.78. The van der Waals surface area contributed by atoms with Gasteiger partial charge in [-0.05, 0) is 37.3 Å². The van der Waals surface area contributed by atoms with E-state index in [0.717, 1.165) is 18.5 Å². The number of ether oxygens (including phenoxy) is 2. The maximum atomic E-state index is 12.8. The number of nitrogens with zero attached hydrogens (tertiary/aromatic N) is 1. The molecule has 1 saturated heterocycles. The van der Waals surface area contributed by atoms with Crippen LogP contribution in [0.15, 0.2) is 35.3 Å². The third-order valence-corrected chi connectivity index (χ3v) is 5.19. The quantitative estimate of drug-likeness (QED) is 0.888. The number of aromatic nitrogens is 1. The van der Waals surface area contributed by atoms with Gasteiger partial charge in [-0.2, -0.15) is 0 Å². The van der Waals surface area contributed by atoms with E-state index in [1.54, 1.807) is 12.3 Å². The minimum absolute atomic E-state index is 0.0578. The van der Waals surface area contributed by atoms with Crippen LogP contribution >= 0.6 is 0 Å². The summed E-state index contributed by atoms with van der Waals surface area (Å²) in [6, 6.07) is 7.07. The zero-order chi connectivity index (χ0) is 18.1. The number of para-hydroxylation sites is 1. The van der Waals surface area contributed by atoms with Gasteiger partial charge in [-0.25, -0.2) is 0 Å². The highest BCUT2D eigenvalue weighted by molar-refractivity contribution is 5.97. The van der Waals surface area contributed by atoms with Crippen molar-refractivity contribution in [2.75, 3.05) is 19.8 Å². The number of aryl methyl sites for hydroxylation is 1. The number of pyridine rings is 1. The van der Waals surface area contributed by atoms with Crippen molar-refractivity contribution < 1.29 is 14.3 Å². The van der Waals surface area contributed by atoms with Crippen molar-refractivity contribution in [1.82, 2.24) is 9.88 Å². The smallest absolute Gasteiger partial charge is 0.257 e. The Morgan fingerprint density at radius 1 is 1.31 bits per heavy atom. The number of hydrogen-bond donors (Lipinski definition) is 1. The molecule has 0 spiro atoms. The first kappa shape index (κ1) is 17.2. The number of hydrogen-bond acceptors (Lipinski definition) is 4. The molecule has 0 bridgehead atoms. The van der Waals surface area contributed by atoms with E-state index in [9.17, 15) is 9.59 Å². The van der Waals surface area contributed by atoms with Gasteiger partial charge in [-0.3, -0.25) is 9.59 Å². The van der Waals surface area contributed by atoms with Crippen LogP contribution in [0.2, 0.25) is 0 Å². The summed E-state index contributed by atoms with van der Waals surface area (Å²) in [4.78, 5) is 25.5. The number of fused-ring (bicyclic) bond motifs is 1. The Balaban J connectivity index is 1.54. The van der Waals surface area contributed by atoms with Gasteiger partial charge in [-0.1, -0.05) is 12.1 Å². The number of nitrogens with one attached hydrogen (secondary N) is 1. The Bertz CT molecular complexity index is 872. The summed E-state index contributed by atoms with van der Waals surface area (Å²) in [5.74, 6) is 0.300. The van der Waals surface area contributed by atoms with E-state index in [1.807, 2.05) is 29.8 Å². The highest BCUT2D eigenvalue weighted by Crippen LogP contribution is 2.30. The minimum atomic E-state index is -0.369. The predicted octanol–water partition coefficient (Wildman–Crippen LogP) is 1.85. The van der Waals surface area contributed by atoms with Crippen LogP contribution in [0.25, 0.3) is 10.9 Å². The molecule has 1 aliphatic carbocycles. The van der Waals surface area contributed by atoms with E-state index in [2.05, 4.69) is 5.32 Å². The second kappa shape index (κ2) is 7.21. The molecule has 1 aromatic carbocycles. The Hall–Kier alpha value is -2.18. The lowest BCUT2D eigenvalue weighted by Gasteiger charge is -2.32. The standard InChI is InChI=1S/C20H24N2O4/c1-22-10-15(19(23)14-4-2-3-5-17(14)22)20(24)21-16-12-25-9-8-18(16)26-11-13-6-7-13/h2-5,10,13,16,18H,6-9,11-12H2,1H3,(H,21,24)/t16-,18+/m1/s1. The van der Waals surface area contributed by atoms with Crippen molar-refractivity contribution >= 4 is 16.8 Å². The first-order chi connectivity index (χ1) is 12.6. The third kappa shape index (κ3) is 3.52. The molecule has 1 N–H and O–H groups in total. The number of carbonyl (C=O) groups excluding carboxylic acids is 1. The van der Waals surface area contributed by atoms with Crippen LogP contribution in [0.4, 0.5) is 0 Å². The summed E-state index contributed by atoms with van der Waals surface area (Å²) in [5.41, 5.74) is 0.710. The van der Waals surface area contributed by atoms with Crippen molar-refractivity contribution in [1.29, 1.82) is 0 Å². The molecule has 1 saturated carbocycles. The molecule has 2 heterocycles. The summed E-state index contributed by atoms with van der Waals surface area (Å²) in [6.45, 7) is 1.79. The van der Waals surface area contributed by atoms with Crippen LogP contribution in [-0.2, 0) is 16.5 Å². The largest absolute Gasteiger partial charge is 0.379 e. The molecule has 2 fully saturated rings. The van der Waals surface area contributed by atoms with E-state index in [4.69, 9.17) is 9.47 Å². The molecule has 0 unspecified atom stereocenters. The minimum Gasteiger partial charge on any atom is -0.379 e. The van der Waals surface area contributed by atoms with E-state index in [1.165, 1.54) is 12.8 Å². The molecule has 2 atom stereocenters. The van der Waals surface area contributed by atoms with E-state index >= 15 is 0 Å². The fourth-order valence-electron chi connectivity index (χ4n) is 3.44. The van der Waals surface area contributed by atoms with Crippen molar-refractivity contribution in [3.63, 3.8) is 0 Å². The van der Waals surface area contributed by atoms with Gasteiger partial charge in [0.1, 0.15) is 5.56 Å². The highest BCUT2D eigenvalue weighted by atomic mass is 16.5. The lowest BCUT2D eigenvalue weighted by molar-refractivity contribution is -0.0567. The summed E-state index contributed by atoms with van der Waals surface area (Å²) in [5, 5.41) is 3.51. The molecular formula is C20H24N2O4. The molecule has 1 aliphatic heterocycles. The molecule has 138 valence electrons. The molecule has 4 rings (SSSR count). The molecule has 2 aromatic rings. The third-order valence-electron chi connectivity index (χ3n) is 5.19. The number of benzene rings is 1. The Morgan fingerprint density at radius 2 is 2.12 bits per heavy atom. The van der Waals surface area contributed by atoms with Crippen LogP contribution in [0.3, 0.4) is 0 Å². The molecule has 2 aliphatic rings. The lowest BCUT2D eigenvalue weighted by Crippen LogP contribution is -2.51. The highest BCUT2D eigenvalue weighted by Gasteiger charge is 2.31. The van der Waals surface area contributed by atoms with Crippen LogP contribution in [0.1, 0.15) is 29.6 Å². The summed E-state index contributed by atoms with van der Waals surface area (Å²) >= 11 is 0. The first-order valence-electron chi connectivity index (χ1n) is 9.22. The summed E-state index contributed by atoms with van der Waals surface area (Å²) in [7, 11) is 1.84. The zero-order valence-electron chi connectivity index (χ0n) is 14.9. The van der Waals surface area contributed by atoms with Gasteiger partial charge in [0.05, 0.1) is 24.3 Å². The van der Waals surface area contributed by atoms with Crippen molar-refractivity contribution in [3.05, 3.63) is 46.2 Å². The van der Waals surface area contributed by atoms with Crippen molar-refractivity contribution in [3.8, 4) is 0 Å². The van der Waals surface area contributed by atoms with Crippen LogP contribution < -0.4 is 10.7 Å². The monoisotopic (exact) mass is 356 g/mol. The average Bonchev–Trinajstić information content (AvgIpc) is 3.48. The van der Waals surface area contributed by atoms with Crippen LogP contribution in [0.5, 0.6) is 0 Å². The number of rotatable bonds is 5. The lowest BCUT2D eigenvalue weighted by atomic mass is 10.1. The molecular weight excluding hydrogens is 332 g/mol. The zero-order valence-corrected chi connectivity index (χ0v) is 14.9. The molecule has 1 aromatic heterocycles. The number of carbonyl (C=O) groups is 1. The van der Waals surface area contributed by atoms with E-state index < -0.39 is 0 Å². The first-order valence-corrected chi connectivity index (χ1v) is 9.22. The predicted molar refractivity (Wildman–Crippen MR) is 98.3 cm³/mol. The van der Waals surface area contributed by atoms with Gasteiger partial charge in [0, 0.05) is 31.8 Å². The summed E-state index contributed by atoms with van der Waals surface area (Å²) < 4.78 is 13.3. The Morgan fingerprint density at radius 3 is 2.92 bits per heavy atom. The van der Waals surface area contributed by atoms with Gasteiger partial charge in [0.15, 0.2) is 0 Å². The average molecular weight is 356 g/mol. The molecule has 6 nitrogen and oxygen atoms in total. The van der Waals surface area contributed by atoms with Gasteiger partial charge in [0.2, 0.25) is 5.43 Å². The van der Waals surface area contributed by atoms with E-state index in [-0.39, 0.29) is 29.0 Å². The van der Waals surface area contributed by atoms with Crippen molar-refractivity contribution in [2.24, 2.45) is 13.0 Å². The fourth-order valence-corrected chi connectivity index (χ4v) is 3.44. The maximum Gasteiger partial charge on any atom is 0.257 e. The normalized spacial score (nSPS) is 23.1. The van der Waals surface area contributed by atoms with Gasteiger partial charge in [0.25, 0.3) is 5.91 Å². The second-order valence-corrected chi connectivity index (χ2v) is 7.26. The van der Waals surface area contributed by atoms with Gasteiger partial charge >= 0.3 is 0 Å². The molecule has 6 heteroatoms. The number of amides is 1. The van der Waals surface area contributed by atoms with Gasteiger partial charge in [-0.15, -0.1) is 0 Å². The SMILES string of the molecule is Cn1cc(C(=O)N[C@@H]2COCC[C@@H]2OCC2CC2)c(=O)c2ccccc21. The van der Waals surface area contributed by atoms with E-state index in [0.29, 0.717) is 24.5 Å². The molecule has 0 radical (unpaired) electrons. The molecule has 26 heavy (non-hydrogen) atoms. The van der Waals surface area contributed by atoms with Crippen molar-refractivity contribution in [2.45, 2.75) is 31.4 Å². The topological polar surface area (TPSA) is 69.6 Å².